The van der Waals surface area contributed by atoms with Gasteiger partial charge in [-0.15, -0.1) is 0 Å². The highest BCUT2D eigenvalue weighted by atomic mass is 15.0. The lowest BCUT2D eigenvalue weighted by Crippen LogP contribution is -2.50. The highest BCUT2D eigenvalue weighted by molar-refractivity contribution is 4.92. The topological polar surface area (TPSA) is 24.1 Å². The number of nitrogens with one attached hydrogen (secondary N) is 2. The molecule has 1 saturated heterocycles. The van der Waals surface area contributed by atoms with Crippen LogP contribution in [0, 0.1) is 5.92 Å². The van der Waals surface area contributed by atoms with E-state index < -0.39 is 0 Å². The molecule has 4 atom stereocenters. The molecule has 2 rings (SSSR count). The molecule has 0 amide bonds. The van der Waals surface area contributed by atoms with E-state index in [9.17, 15) is 0 Å². The Balaban J connectivity index is 1.88. The van der Waals surface area contributed by atoms with Crippen molar-refractivity contribution in [3.63, 3.8) is 0 Å². The van der Waals surface area contributed by atoms with Crippen LogP contribution in [0.1, 0.15) is 84.5 Å². The second kappa shape index (κ2) is 9.04. The minimum atomic E-state index is 0.770. The number of unbranched alkanes of at least 4 members (excludes halogenated alkanes) is 1. The summed E-state index contributed by atoms with van der Waals surface area (Å²) in [4.78, 5) is 0. The average molecular weight is 280 g/mol. The fourth-order valence-electron chi connectivity index (χ4n) is 4.34. The normalized spacial score (nSPS) is 32.4. The van der Waals surface area contributed by atoms with Crippen molar-refractivity contribution < 1.29 is 0 Å². The third-order valence-electron chi connectivity index (χ3n) is 5.43. The van der Waals surface area contributed by atoms with Crippen LogP contribution in [0.5, 0.6) is 0 Å². The first-order valence-corrected chi connectivity index (χ1v) is 9.34. The molecule has 2 heteroatoms. The SMILES string of the molecule is CCCCC(CCC)NC1CCCCC1C1CCCN1. The minimum absolute atomic E-state index is 0.770. The summed E-state index contributed by atoms with van der Waals surface area (Å²) in [6.07, 6.45) is 15.3. The standard InChI is InChI=1S/C18H36N2/c1-3-5-10-15(9-4-2)20-18-12-7-6-11-16(18)17-13-8-14-19-17/h15-20H,3-14H2,1-2H3. The maximum Gasteiger partial charge on any atom is 0.0113 e. The van der Waals surface area contributed by atoms with Gasteiger partial charge in [-0.2, -0.15) is 0 Å². The van der Waals surface area contributed by atoms with E-state index >= 15 is 0 Å². The van der Waals surface area contributed by atoms with Gasteiger partial charge >= 0.3 is 0 Å². The summed E-state index contributed by atoms with van der Waals surface area (Å²) in [5, 5.41) is 7.84. The molecule has 1 aliphatic heterocycles. The highest BCUT2D eigenvalue weighted by Crippen LogP contribution is 2.31. The Hall–Kier alpha value is -0.0800. The molecule has 0 aromatic rings. The molecule has 0 aromatic heterocycles. The van der Waals surface area contributed by atoms with Crippen molar-refractivity contribution in [2.45, 2.75) is 103 Å². The van der Waals surface area contributed by atoms with E-state index in [0.29, 0.717) is 0 Å². The third kappa shape index (κ3) is 4.73. The number of rotatable bonds is 8. The zero-order valence-corrected chi connectivity index (χ0v) is 13.8. The molecule has 0 bridgehead atoms. The molecule has 1 saturated carbocycles. The Bertz CT molecular complexity index is 248. The Morgan fingerprint density at radius 1 is 1.00 bits per heavy atom. The van der Waals surface area contributed by atoms with Crippen molar-refractivity contribution in [3.8, 4) is 0 Å². The van der Waals surface area contributed by atoms with Crippen LogP contribution in [-0.4, -0.2) is 24.7 Å². The summed E-state index contributed by atoms with van der Waals surface area (Å²) in [7, 11) is 0. The van der Waals surface area contributed by atoms with E-state index in [1.54, 1.807) is 0 Å². The molecular formula is C18H36N2. The van der Waals surface area contributed by atoms with Crippen LogP contribution in [0.25, 0.3) is 0 Å². The molecule has 20 heavy (non-hydrogen) atoms. The van der Waals surface area contributed by atoms with Gasteiger partial charge in [0.2, 0.25) is 0 Å². The fraction of sp³-hybridized carbons (Fsp3) is 1.00. The van der Waals surface area contributed by atoms with Crippen LogP contribution in [0.15, 0.2) is 0 Å². The van der Waals surface area contributed by atoms with Crippen molar-refractivity contribution in [1.29, 1.82) is 0 Å². The van der Waals surface area contributed by atoms with E-state index in [2.05, 4.69) is 24.5 Å². The fourth-order valence-corrected chi connectivity index (χ4v) is 4.34. The summed E-state index contributed by atoms with van der Waals surface area (Å²) in [5.41, 5.74) is 0. The van der Waals surface area contributed by atoms with Crippen molar-refractivity contribution in [2.24, 2.45) is 5.92 Å². The van der Waals surface area contributed by atoms with E-state index in [1.165, 1.54) is 77.2 Å². The first-order chi connectivity index (χ1) is 9.85. The second-order valence-electron chi connectivity index (χ2n) is 7.05. The van der Waals surface area contributed by atoms with Gasteiger partial charge in [0.05, 0.1) is 0 Å². The summed E-state index contributed by atoms with van der Waals surface area (Å²) in [6.45, 7) is 5.90. The van der Waals surface area contributed by atoms with Gasteiger partial charge in [0, 0.05) is 18.1 Å². The van der Waals surface area contributed by atoms with Gasteiger partial charge in [-0.25, -0.2) is 0 Å². The van der Waals surface area contributed by atoms with E-state index in [1.807, 2.05) is 0 Å². The van der Waals surface area contributed by atoms with E-state index in [4.69, 9.17) is 0 Å². The quantitative estimate of drug-likeness (QED) is 0.694. The molecule has 0 spiro atoms. The lowest BCUT2D eigenvalue weighted by Gasteiger charge is -2.38. The Kier molecular flexibility index (Phi) is 7.37. The minimum Gasteiger partial charge on any atom is -0.314 e. The molecule has 2 aliphatic rings. The Morgan fingerprint density at radius 3 is 2.55 bits per heavy atom. The molecule has 4 unspecified atom stereocenters. The van der Waals surface area contributed by atoms with Gasteiger partial charge in [-0.05, 0) is 51.0 Å². The predicted octanol–water partition coefficient (Wildman–Crippen LogP) is 4.25. The van der Waals surface area contributed by atoms with Crippen LogP contribution in [-0.2, 0) is 0 Å². The summed E-state index contributed by atoms with van der Waals surface area (Å²) in [5.74, 6) is 0.896. The van der Waals surface area contributed by atoms with Crippen molar-refractivity contribution in [2.75, 3.05) is 6.54 Å². The van der Waals surface area contributed by atoms with Crippen LogP contribution >= 0.6 is 0 Å². The number of hydrogen-bond donors (Lipinski definition) is 2. The summed E-state index contributed by atoms with van der Waals surface area (Å²) < 4.78 is 0. The smallest absolute Gasteiger partial charge is 0.0113 e. The molecule has 2 nitrogen and oxygen atoms in total. The van der Waals surface area contributed by atoms with E-state index in [0.717, 1.165) is 24.0 Å². The van der Waals surface area contributed by atoms with Crippen LogP contribution < -0.4 is 10.6 Å². The van der Waals surface area contributed by atoms with Crippen molar-refractivity contribution in [1.82, 2.24) is 10.6 Å². The van der Waals surface area contributed by atoms with Crippen molar-refractivity contribution >= 4 is 0 Å². The average Bonchev–Trinajstić information content (AvgIpc) is 2.99. The maximum absolute atomic E-state index is 4.08. The largest absolute Gasteiger partial charge is 0.314 e. The van der Waals surface area contributed by atoms with Gasteiger partial charge in [-0.3, -0.25) is 0 Å². The Labute approximate surface area is 126 Å². The second-order valence-corrected chi connectivity index (χ2v) is 7.05. The number of hydrogen-bond acceptors (Lipinski definition) is 2. The van der Waals surface area contributed by atoms with Gasteiger partial charge in [0.25, 0.3) is 0 Å². The molecule has 2 N–H and O–H groups in total. The molecule has 0 aromatic carbocycles. The van der Waals surface area contributed by atoms with Crippen LogP contribution in [0.3, 0.4) is 0 Å². The maximum atomic E-state index is 4.08. The van der Waals surface area contributed by atoms with Gasteiger partial charge in [0.15, 0.2) is 0 Å². The zero-order chi connectivity index (χ0) is 14.2. The molecular weight excluding hydrogens is 244 g/mol. The first kappa shape index (κ1) is 16.3. The monoisotopic (exact) mass is 280 g/mol. The molecule has 118 valence electrons. The van der Waals surface area contributed by atoms with E-state index in [-0.39, 0.29) is 0 Å². The van der Waals surface area contributed by atoms with Crippen LogP contribution in [0.2, 0.25) is 0 Å². The first-order valence-electron chi connectivity index (χ1n) is 9.34. The van der Waals surface area contributed by atoms with Gasteiger partial charge in [-0.1, -0.05) is 46.0 Å². The lowest BCUT2D eigenvalue weighted by molar-refractivity contribution is 0.194. The summed E-state index contributed by atoms with van der Waals surface area (Å²) in [6, 6.07) is 2.36. The summed E-state index contributed by atoms with van der Waals surface area (Å²) >= 11 is 0. The zero-order valence-electron chi connectivity index (χ0n) is 13.8. The molecule has 1 heterocycles. The molecule has 0 radical (unpaired) electrons. The van der Waals surface area contributed by atoms with Gasteiger partial charge in [0.1, 0.15) is 0 Å². The third-order valence-corrected chi connectivity index (χ3v) is 5.43. The Morgan fingerprint density at radius 2 is 1.85 bits per heavy atom. The van der Waals surface area contributed by atoms with Crippen LogP contribution in [0.4, 0.5) is 0 Å². The van der Waals surface area contributed by atoms with Crippen molar-refractivity contribution in [3.05, 3.63) is 0 Å². The predicted molar refractivity (Wildman–Crippen MR) is 88.1 cm³/mol. The molecule has 1 aliphatic carbocycles. The molecule has 2 fully saturated rings. The highest BCUT2D eigenvalue weighted by Gasteiger charge is 2.33. The van der Waals surface area contributed by atoms with Gasteiger partial charge < -0.3 is 10.6 Å². The lowest BCUT2D eigenvalue weighted by atomic mass is 9.78.